The molecule has 2 saturated carbocycles. The van der Waals surface area contributed by atoms with Crippen molar-refractivity contribution in [1.82, 2.24) is 0 Å². The molecule has 3 atom stereocenters. The molecule has 0 spiro atoms. The van der Waals surface area contributed by atoms with E-state index in [1.165, 1.54) is 0 Å². The van der Waals surface area contributed by atoms with E-state index in [0.717, 1.165) is 0 Å². The van der Waals surface area contributed by atoms with E-state index in [-0.39, 0.29) is 0 Å². The second-order valence-corrected chi connectivity index (χ2v) is 6.49. The average Bonchev–Trinajstić information content (AvgIpc) is 2.54. The highest BCUT2D eigenvalue weighted by Gasteiger charge is 3.16. The topological polar surface area (TPSA) is 0 Å². The summed E-state index contributed by atoms with van der Waals surface area (Å²) in [5, 5.41) is 0. The van der Waals surface area contributed by atoms with Crippen molar-refractivity contribution in [1.29, 1.82) is 0 Å². The number of halogens is 20. The highest BCUT2D eigenvalue weighted by Crippen LogP contribution is 2.82. The SMILES string of the molecule is FC1(F)C(F)(F)C(F)(F)[C@]2(F)[C@@](F)(C1(F)F)C(F)(F)C(F)(F)C(F)(F)[C@@]2(F)C(F)(F)F. The zero-order valence-corrected chi connectivity index (χ0v) is 13.1. The minimum atomic E-state index is -9.16. The first-order valence-electron chi connectivity index (χ1n) is 6.78. The van der Waals surface area contributed by atoms with Crippen molar-refractivity contribution in [2.75, 3.05) is 0 Å². The molecular weight excluding hydrogens is 512 g/mol. The number of hydrogen-bond donors (Lipinski definition) is 0. The lowest BCUT2D eigenvalue weighted by Gasteiger charge is -2.65. The molecule has 0 amide bonds. The quantitative estimate of drug-likeness (QED) is 0.342. The molecule has 0 aromatic heterocycles. The molecule has 0 nitrogen and oxygen atoms in total. The molecule has 2 aliphatic rings. The minimum absolute atomic E-state index is 8.45. The van der Waals surface area contributed by atoms with Crippen LogP contribution in [0.3, 0.4) is 0 Å². The van der Waals surface area contributed by atoms with Crippen molar-refractivity contribution in [3.8, 4) is 0 Å². The van der Waals surface area contributed by atoms with Gasteiger partial charge in [0.15, 0.2) is 0 Å². The summed E-state index contributed by atoms with van der Waals surface area (Å²) in [6.45, 7) is 0. The van der Waals surface area contributed by atoms with Gasteiger partial charge in [0.05, 0.1) is 0 Å². The molecule has 0 heterocycles. The van der Waals surface area contributed by atoms with Crippen LogP contribution in [-0.4, -0.2) is 64.6 Å². The summed E-state index contributed by atoms with van der Waals surface area (Å²) in [6.07, 6.45) is -8.58. The molecule has 0 unspecified atom stereocenters. The Morgan fingerprint density at radius 1 is 0.290 bits per heavy atom. The lowest BCUT2D eigenvalue weighted by Crippen LogP contribution is -3.00. The van der Waals surface area contributed by atoms with Gasteiger partial charge in [-0.2, -0.15) is 74.6 Å². The molecule has 0 saturated heterocycles. The first-order valence-corrected chi connectivity index (χ1v) is 6.78. The van der Waals surface area contributed by atoms with Crippen LogP contribution in [0, 0.1) is 0 Å². The van der Waals surface area contributed by atoms with Crippen molar-refractivity contribution in [3.05, 3.63) is 0 Å². The van der Waals surface area contributed by atoms with E-state index >= 15 is 0 Å². The van der Waals surface area contributed by atoms with Gasteiger partial charge in [0.25, 0.3) is 11.3 Å². The highest BCUT2D eigenvalue weighted by atomic mass is 19.4. The number of fused-ring (bicyclic) bond motifs is 1. The summed E-state index contributed by atoms with van der Waals surface area (Å²) >= 11 is 0. The molecular formula is C11F20. The first-order chi connectivity index (χ1) is 13.0. The average molecular weight is 512 g/mol. The fraction of sp³-hybridized carbons (Fsp3) is 1.00. The van der Waals surface area contributed by atoms with E-state index in [4.69, 9.17) is 0 Å². The normalized spacial score (nSPS) is 43.7. The molecule has 2 fully saturated rings. The molecule has 2 rings (SSSR count). The third kappa shape index (κ3) is 1.78. The predicted octanol–water partition coefficient (Wildman–Crippen LogP) is 6.15. The Balaban J connectivity index is 3.37. The predicted molar refractivity (Wildman–Crippen MR) is 52.2 cm³/mol. The molecule has 31 heavy (non-hydrogen) atoms. The van der Waals surface area contributed by atoms with E-state index in [9.17, 15) is 87.8 Å². The summed E-state index contributed by atoms with van der Waals surface area (Å²) in [5.74, 6) is -60.7. The van der Waals surface area contributed by atoms with Crippen molar-refractivity contribution in [3.63, 3.8) is 0 Å². The van der Waals surface area contributed by atoms with Crippen molar-refractivity contribution < 1.29 is 87.8 Å². The molecule has 0 N–H and O–H groups in total. The van der Waals surface area contributed by atoms with Gasteiger partial charge in [-0.15, -0.1) is 0 Å². The van der Waals surface area contributed by atoms with E-state index < -0.39 is 64.6 Å². The van der Waals surface area contributed by atoms with E-state index in [2.05, 4.69) is 0 Å². The maximum Gasteiger partial charge on any atom is 0.432 e. The van der Waals surface area contributed by atoms with E-state index in [1.54, 1.807) is 0 Å². The Bertz CT molecular complexity index is 779. The fourth-order valence-corrected chi connectivity index (χ4v) is 3.35. The van der Waals surface area contributed by atoms with Crippen LogP contribution < -0.4 is 0 Å². The highest BCUT2D eigenvalue weighted by molar-refractivity contribution is 5.45. The Morgan fingerprint density at radius 3 is 0.774 bits per heavy atom. The minimum Gasteiger partial charge on any atom is -0.228 e. The number of alkyl halides is 20. The van der Waals surface area contributed by atoms with Gasteiger partial charge in [-0.3, -0.25) is 0 Å². The zero-order valence-electron chi connectivity index (χ0n) is 13.1. The molecule has 0 aromatic carbocycles. The van der Waals surface area contributed by atoms with Crippen molar-refractivity contribution in [2.24, 2.45) is 0 Å². The smallest absolute Gasteiger partial charge is 0.228 e. The third-order valence-corrected chi connectivity index (χ3v) is 5.04. The molecule has 20 heteroatoms. The number of rotatable bonds is 0. The van der Waals surface area contributed by atoms with Gasteiger partial charge in [-0.25, -0.2) is 13.2 Å². The molecule has 184 valence electrons. The van der Waals surface area contributed by atoms with Crippen LogP contribution in [0.25, 0.3) is 0 Å². The van der Waals surface area contributed by atoms with E-state index in [1.807, 2.05) is 0 Å². The maximum absolute atomic E-state index is 14.6. The monoisotopic (exact) mass is 512 g/mol. The van der Waals surface area contributed by atoms with Gasteiger partial charge in [0.1, 0.15) is 0 Å². The van der Waals surface area contributed by atoms with Crippen LogP contribution in [0.5, 0.6) is 0 Å². The lowest BCUT2D eigenvalue weighted by atomic mass is 9.50. The first kappa shape index (κ1) is 25.9. The van der Waals surface area contributed by atoms with Gasteiger partial charge in [0.2, 0.25) is 0 Å². The van der Waals surface area contributed by atoms with Gasteiger partial charge in [-0.1, -0.05) is 0 Å². The summed E-state index contributed by atoms with van der Waals surface area (Å²) in [4.78, 5) is 0. The second-order valence-electron chi connectivity index (χ2n) is 6.49. The lowest BCUT2D eigenvalue weighted by molar-refractivity contribution is -0.564. The van der Waals surface area contributed by atoms with Crippen LogP contribution in [0.15, 0.2) is 0 Å². The molecule has 0 radical (unpaired) electrons. The summed E-state index contributed by atoms with van der Waals surface area (Å²) in [7, 11) is 0. The largest absolute Gasteiger partial charge is 0.432 e. The van der Waals surface area contributed by atoms with Gasteiger partial charge >= 0.3 is 53.3 Å². The summed E-state index contributed by atoms with van der Waals surface area (Å²) in [6, 6.07) is 0. The third-order valence-electron chi connectivity index (χ3n) is 5.04. The molecule has 0 bridgehead atoms. The Labute approximate surface area is 154 Å². The van der Waals surface area contributed by atoms with Crippen LogP contribution in [0.1, 0.15) is 0 Å². The van der Waals surface area contributed by atoms with Gasteiger partial charge < -0.3 is 0 Å². The van der Waals surface area contributed by atoms with Gasteiger partial charge in [-0.05, 0) is 0 Å². The van der Waals surface area contributed by atoms with Crippen LogP contribution in [0.2, 0.25) is 0 Å². The second kappa shape index (κ2) is 5.22. The van der Waals surface area contributed by atoms with Crippen molar-refractivity contribution >= 4 is 0 Å². The fourth-order valence-electron chi connectivity index (χ4n) is 3.35. The maximum atomic E-state index is 14.6. The standard InChI is InChI=1S/C11F20/c12-1-2(13,6(19,20)10(27,28)9(25,26)4(1,15)16)5(17,18)8(23,24)7(21,22)3(1,14)11(29,30)31/t1-,2-,3+/m0/s1. The van der Waals surface area contributed by atoms with Crippen LogP contribution in [-0.2, 0) is 0 Å². The number of hydrogen-bond acceptors (Lipinski definition) is 0. The zero-order chi connectivity index (χ0) is 25.5. The van der Waals surface area contributed by atoms with E-state index in [0.29, 0.717) is 0 Å². The molecule has 2 aliphatic carbocycles. The Morgan fingerprint density at radius 2 is 0.516 bits per heavy atom. The Kier molecular flexibility index (Phi) is 4.35. The van der Waals surface area contributed by atoms with Crippen LogP contribution in [0.4, 0.5) is 87.8 Å². The summed E-state index contributed by atoms with van der Waals surface area (Å²) in [5.41, 5.74) is -27.2. The Hall–Kier alpha value is -1.40. The molecule has 0 aliphatic heterocycles. The van der Waals surface area contributed by atoms with Crippen LogP contribution >= 0.6 is 0 Å². The summed E-state index contributed by atoms with van der Waals surface area (Å²) < 4.78 is 270. The van der Waals surface area contributed by atoms with Crippen molar-refractivity contribution in [2.45, 2.75) is 64.6 Å². The van der Waals surface area contributed by atoms with Gasteiger partial charge in [0, 0.05) is 0 Å². The molecule has 0 aromatic rings.